The molecule has 1 saturated carbocycles. The van der Waals surface area contributed by atoms with E-state index in [4.69, 9.17) is 9.47 Å². The number of hydrogen-bond donors (Lipinski definition) is 1. The minimum Gasteiger partial charge on any atom is -0.488 e. The standard InChI is InChI=1S/C15H22INO2/c1-3-9-17-13-10-14(15(13)18-4-2)19-12-7-5-11(16)6-8-12/h5-8,13-15,17H,3-4,9-10H2,1-2H3. The first kappa shape index (κ1) is 15.1. The van der Waals surface area contributed by atoms with Crippen LogP contribution in [-0.2, 0) is 4.74 Å². The summed E-state index contributed by atoms with van der Waals surface area (Å²) in [6.07, 6.45) is 2.53. The molecule has 1 aromatic carbocycles. The van der Waals surface area contributed by atoms with E-state index in [1.165, 1.54) is 3.57 Å². The van der Waals surface area contributed by atoms with Crippen molar-refractivity contribution in [1.82, 2.24) is 5.32 Å². The van der Waals surface area contributed by atoms with Gasteiger partial charge in [0.1, 0.15) is 18.0 Å². The smallest absolute Gasteiger partial charge is 0.128 e. The molecule has 1 aliphatic carbocycles. The molecule has 0 bridgehead atoms. The maximum absolute atomic E-state index is 6.01. The lowest BCUT2D eigenvalue weighted by Gasteiger charge is -2.44. The van der Waals surface area contributed by atoms with Crippen molar-refractivity contribution >= 4 is 22.6 Å². The zero-order valence-electron chi connectivity index (χ0n) is 11.6. The zero-order valence-corrected chi connectivity index (χ0v) is 13.7. The summed E-state index contributed by atoms with van der Waals surface area (Å²) in [5.74, 6) is 0.934. The Hall–Kier alpha value is -0.330. The van der Waals surface area contributed by atoms with Gasteiger partial charge in [-0.15, -0.1) is 0 Å². The minimum atomic E-state index is 0.175. The first-order chi connectivity index (χ1) is 9.24. The number of nitrogens with one attached hydrogen (secondary N) is 1. The number of ether oxygens (including phenoxy) is 2. The largest absolute Gasteiger partial charge is 0.488 e. The Bertz CT molecular complexity index is 382. The van der Waals surface area contributed by atoms with Crippen LogP contribution in [0.5, 0.6) is 5.75 Å². The lowest BCUT2D eigenvalue weighted by Crippen LogP contribution is -2.61. The van der Waals surface area contributed by atoms with Gasteiger partial charge in [-0.1, -0.05) is 6.92 Å². The fourth-order valence-electron chi connectivity index (χ4n) is 2.33. The number of rotatable bonds is 7. The fraction of sp³-hybridized carbons (Fsp3) is 0.600. The molecule has 3 atom stereocenters. The van der Waals surface area contributed by atoms with Crippen molar-refractivity contribution in [3.8, 4) is 5.75 Å². The SMILES string of the molecule is CCCNC1CC(Oc2ccc(I)cc2)C1OCC. The molecule has 1 aliphatic rings. The Balaban J connectivity index is 1.88. The molecule has 0 radical (unpaired) electrons. The maximum atomic E-state index is 6.01. The van der Waals surface area contributed by atoms with Gasteiger partial charge in [-0.25, -0.2) is 0 Å². The molecule has 3 nitrogen and oxygen atoms in total. The van der Waals surface area contributed by atoms with Crippen molar-refractivity contribution in [2.75, 3.05) is 13.2 Å². The average molecular weight is 375 g/mol. The minimum absolute atomic E-state index is 0.175. The molecule has 1 fully saturated rings. The molecule has 0 spiro atoms. The monoisotopic (exact) mass is 375 g/mol. The molecular formula is C15H22INO2. The zero-order chi connectivity index (χ0) is 13.7. The summed E-state index contributed by atoms with van der Waals surface area (Å²) in [6.45, 7) is 6.00. The summed E-state index contributed by atoms with van der Waals surface area (Å²) < 4.78 is 13.0. The van der Waals surface area contributed by atoms with Crippen molar-refractivity contribution in [2.45, 2.75) is 44.9 Å². The summed E-state index contributed by atoms with van der Waals surface area (Å²) >= 11 is 2.30. The van der Waals surface area contributed by atoms with E-state index in [2.05, 4.69) is 47.0 Å². The van der Waals surface area contributed by atoms with Crippen LogP contribution in [0.3, 0.4) is 0 Å². The van der Waals surface area contributed by atoms with Gasteiger partial charge in [0.05, 0.1) is 0 Å². The average Bonchev–Trinajstić information content (AvgIpc) is 2.41. The van der Waals surface area contributed by atoms with Gasteiger partial charge in [0.2, 0.25) is 0 Å². The molecule has 0 aliphatic heterocycles. The molecule has 0 heterocycles. The molecule has 2 rings (SSSR count). The Morgan fingerprint density at radius 3 is 2.63 bits per heavy atom. The highest BCUT2D eigenvalue weighted by Crippen LogP contribution is 2.29. The highest BCUT2D eigenvalue weighted by Gasteiger charge is 2.43. The van der Waals surface area contributed by atoms with Crippen molar-refractivity contribution in [1.29, 1.82) is 0 Å². The Kier molecular flexibility index (Phi) is 5.91. The normalized spacial score (nSPS) is 25.9. The van der Waals surface area contributed by atoms with E-state index < -0.39 is 0 Å². The molecule has 0 saturated heterocycles. The van der Waals surface area contributed by atoms with Crippen LogP contribution in [0.1, 0.15) is 26.7 Å². The predicted octanol–water partition coefficient (Wildman–Crippen LogP) is 3.22. The first-order valence-electron chi connectivity index (χ1n) is 7.01. The van der Waals surface area contributed by atoms with E-state index in [0.717, 1.165) is 31.7 Å². The lowest BCUT2D eigenvalue weighted by molar-refractivity contribution is -0.104. The Morgan fingerprint density at radius 2 is 2.00 bits per heavy atom. The molecule has 3 unspecified atom stereocenters. The molecule has 1 aromatic rings. The van der Waals surface area contributed by atoms with Crippen LogP contribution in [0.4, 0.5) is 0 Å². The van der Waals surface area contributed by atoms with Gasteiger partial charge < -0.3 is 14.8 Å². The number of hydrogen-bond acceptors (Lipinski definition) is 3. The van der Waals surface area contributed by atoms with Gasteiger partial charge in [0.15, 0.2) is 0 Å². The summed E-state index contributed by atoms with van der Waals surface area (Å²) in [7, 11) is 0. The van der Waals surface area contributed by atoms with Crippen LogP contribution in [0.2, 0.25) is 0 Å². The quantitative estimate of drug-likeness (QED) is 0.743. The highest BCUT2D eigenvalue weighted by molar-refractivity contribution is 14.1. The van der Waals surface area contributed by atoms with Crippen molar-refractivity contribution in [3.63, 3.8) is 0 Å². The van der Waals surface area contributed by atoms with Crippen LogP contribution in [0, 0.1) is 3.57 Å². The van der Waals surface area contributed by atoms with Gasteiger partial charge >= 0.3 is 0 Å². The van der Waals surface area contributed by atoms with Crippen LogP contribution >= 0.6 is 22.6 Å². The number of halogens is 1. The van der Waals surface area contributed by atoms with Gasteiger partial charge in [-0.3, -0.25) is 0 Å². The predicted molar refractivity (Wildman–Crippen MR) is 85.7 cm³/mol. The van der Waals surface area contributed by atoms with Gasteiger partial charge in [0, 0.05) is 22.6 Å². The van der Waals surface area contributed by atoms with Gasteiger partial charge in [0.25, 0.3) is 0 Å². The van der Waals surface area contributed by atoms with Gasteiger partial charge in [-0.2, -0.15) is 0 Å². The van der Waals surface area contributed by atoms with E-state index in [0.29, 0.717) is 6.04 Å². The summed E-state index contributed by atoms with van der Waals surface area (Å²) in [4.78, 5) is 0. The Morgan fingerprint density at radius 1 is 1.26 bits per heavy atom. The molecule has 0 amide bonds. The summed E-state index contributed by atoms with van der Waals surface area (Å²) in [6, 6.07) is 8.62. The first-order valence-corrected chi connectivity index (χ1v) is 8.09. The van der Waals surface area contributed by atoms with E-state index in [1.54, 1.807) is 0 Å². The van der Waals surface area contributed by atoms with E-state index in [-0.39, 0.29) is 12.2 Å². The third-order valence-electron chi connectivity index (χ3n) is 3.37. The van der Waals surface area contributed by atoms with E-state index >= 15 is 0 Å². The molecule has 1 N–H and O–H groups in total. The van der Waals surface area contributed by atoms with E-state index in [9.17, 15) is 0 Å². The maximum Gasteiger partial charge on any atom is 0.128 e. The van der Waals surface area contributed by atoms with Crippen molar-refractivity contribution < 1.29 is 9.47 Å². The highest BCUT2D eigenvalue weighted by atomic mass is 127. The second-order valence-corrected chi connectivity index (χ2v) is 6.07. The molecule has 19 heavy (non-hydrogen) atoms. The lowest BCUT2D eigenvalue weighted by atomic mass is 9.85. The van der Waals surface area contributed by atoms with Crippen LogP contribution in [-0.4, -0.2) is 31.4 Å². The van der Waals surface area contributed by atoms with Crippen molar-refractivity contribution in [3.05, 3.63) is 27.8 Å². The molecule has 0 aromatic heterocycles. The molecule has 4 heteroatoms. The van der Waals surface area contributed by atoms with Crippen molar-refractivity contribution in [2.24, 2.45) is 0 Å². The summed E-state index contributed by atoms with van der Waals surface area (Å²) in [5.41, 5.74) is 0. The number of benzene rings is 1. The van der Waals surface area contributed by atoms with Gasteiger partial charge in [-0.05, 0) is 66.7 Å². The van der Waals surface area contributed by atoms with Crippen LogP contribution in [0.15, 0.2) is 24.3 Å². The second kappa shape index (κ2) is 7.45. The topological polar surface area (TPSA) is 30.5 Å². The van der Waals surface area contributed by atoms with E-state index in [1.807, 2.05) is 19.1 Å². The fourth-order valence-corrected chi connectivity index (χ4v) is 2.69. The second-order valence-electron chi connectivity index (χ2n) is 4.83. The molecular weight excluding hydrogens is 353 g/mol. The Labute approximate surface area is 129 Å². The molecule has 106 valence electrons. The van der Waals surface area contributed by atoms with Crippen LogP contribution < -0.4 is 10.1 Å². The third-order valence-corrected chi connectivity index (χ3v) is 4.09. The third kappa shape index (κ3) is 4.07. The van der Waals surface area contributed by atoms with Crippen LogP contribution in [0.25, 0.3) is 0 Å². The summed E-state index contributed by atoms with van der Waals surface area (Å²) in [5, 5.41) is 3.52.